The van der Waals surface area contributed by atoms with Gasteiger partial charge in [0.15, 0.2) is 0 Å². The minimum Gasteiger partial charge on any atom is -1.00 e. The van der Waals surface area contributed by atoms with E-state index in [9.17, 15) is 0 Å². The summed E-state index contributed by atoms with van der Waals surface area (Å²) in [5, 5.41) is 6.19. The van der Waals surface area contributed by atoms with E-state index in [4.69, 9.17) is 5.41 Å². The van der Waals surface area contributed by atoms with Crippen molar-refractivity contribution in [2.45, 2.75) is 86.0 Å². The Morgan fingerprint density at radius 3 is 1.13 bits per heavy atom. The van der Waals surface area contributed by atoms with Crippen LogP contribution in [-0.2, 0) is 0 Å². The van der Waals surface area contributed by atoms with Crippen molar-refractivity contribution >= 4 is 6.01 Å². The summed E-state index contributed by atoms with van der Waals surface area (Å²) in [6, 6.07) is 1.89. The maximum Gasteiger partial charge on any atom is 0.0861 e. The number of nitrogens with one attached hydrogen (secondary N) is 1. The zero-order chi connectivity index (χ0) is 17.1. The molecule has 0 atom stereocenters. The van der Waals surface area contributed by atoms with E-state index in [1.165, 1.54) is 82.0 Å². The molecular weight excluding hydrogens is 289 g/mol. The van der Waals surface area contributed by atoms with Crippen LogP contribution in [0, 0.1) is 5.41 Å². The highest BCUT2D eigenvalue weighted by Crippen LogP contribution is 2.16. The fourth-order valence-corrected chi connectivity index (χ4v) is 2.72. The van der Waals surface area contributed by atoms with Gasteiger partial charge in [0.05, 0.1) is 32.2 Å². The highest BCUT2D eigenvalue weighted by Gasteiger charge is 2.24. The smallest absolute Gasteiger partial charge is 0.0861 e. The molecule has 0 fully saturated rings. The van der Waals surface area contributed by atoms with Gasteiger partial charge in [-0.1, -0.05) is 53.4 Å². The summed E-state index contributed by atoms with van der Waals surface area (Å²) in [5.41, 5.74) is 0. The molecule has 0 aliphatic heterocycles. The highest BCUT2D eigenvalue weighted by atomic mass is 19.0. The molecule has 0 amide bonds. The van der Waals surface area contributed by atoms with E-state index in [0.717, 1.165) is 0 Å². The molecule has 0 aliphatic carbocycles. The number of aliphatic imine (C=N–C) groups is 1. The van der Waals surface area contributed by atoms with E-state index in [1.807, 2.05) is 12.9 Å². The summed E-state index contributed by atoms with van der Waals surface area (Å²) in [6.07, 6.45) is 11.1. The van der Waals surface area contributed by atoms with E-state index in [1.54, 1.807) is 0 Å². The fraction of sp³-hybridized carbons (Fsp3) is 0.947. The number of unbranched alkanes of at least 4 members (excludes halogenated alkanes) is 4. The lowest BCUT2D eigenvalue weighted by Crippen LogP contribution is -3.00. The molecule has 0 spiro atoms. The Labute approximate surface area is 145 Å². The number of hydrogen-bond donors (Lipinski definition) is 1. The summed E-state index contributed by atoms with van der Waals surface area (Å²) < 4.78 is 1.42. The minimum atomic E-state index is 0. The first-order valence-electron chi connectivity index (χ1n) is 9.59. The summed E-state index contributed by atoms with van der Waals surface area (Å²) in [6.45, 7) is 17.6. The second-order valence-corrected chi connectivity index (χ2v) is 6.24. The topological polar surface area (TPSA) is 36.2 Å². The molecule has 1 N–H and O–H groups in total. The van der Waals surface area contributed by atoms with Gasteiger partial charge in [-0.05, 0) is 32.6 Å². The SMILES string of the molecule is CCCC[N+](CCCC)(CCCC)CCCC.CCN=C=N.[F-]. The lowest BCUT2D eigenvalue weighted by atomic mass is 10.1. The van der Waals surface area contributed by atoms with E-state index in [-0.39, 0.29) is 4.70 Å². The summed E-state index contributed by atoms with van der Waals surface area (Å²) >= 11 is 0. The Morgan fingerprint density at radius 1 is 0.696 bits per heavy atom. The first-order valence-corrected chi connectivity index (χ1v) is 9.59. The third kappa shape index (κ3) is 17.5. The van der Waals surface area contributed by atoms with Crippen molar-refractivity contribution in [1.82, 2.24) is 0 Å². The zero-order valence-electron chi connectivity index (χ0n) is 16.5. The summed E-state index contributed by atoms with van der Waals surface area (Å²) in [4.78, 5) is 3.39. The number of halogens is 1. The first-order chi connectivity index (χ1) is 10.7. The van der Waals surface area contributed by atoms with Gasteiger partial charge in [0.25, 0.3) is 0 Å². The van der Waals surface area contributed by atoms with Crippen LogP contribution in [0.1, 0.15) is 86.0 Å². The van der Waals surface area contributed by atoms with Gasteiger partial charge in [-0.25, -0.2) is 10.4 Å². The van der Waals surface area contributed by atoms with Crippen molar-refractivity contribution in [2.24, 2.45) is 4.99 Å². The number of nitrogens with zero attached hydrogens (tertiary/aromatic N) is 2. The number of rotatable bonds is 13. The van der Waals surface area contributed by atoms with Gasteiger partial charge >= 0.3 is 0 Å². The average Bonchev–Trinajstić information content (AvgIpc) is 2.55. The standard InChI is InChI=1S/C16H36N.C3H6N2.FH/c1-5-9-13-17(14-10-6-2,15-11-7-3)16-12-8-4;1-2-5-3-4;/h5-16H2,1-4H3;4H,2H2,1H3;1H/q+1;;/p-1. The van der Waals surface area contributed by atoms with Gasteiger partial charge in [-0.15, -0.1) is 0 Å². The van der Waals surface area contributed by atoms with Crippen LogP contribution in [0.15, 0.2) is 4.99 Å². The van der Waals surface area contributed by atoms with Crippen LogP contribution in [-0.4, -0.2) is 43.2 Å². The molecule has 4 heteroatoms. The van der Waals surface area contributed by atoms with E-state index in [2.05, 4.69) is 32.7 Å². The highest BCUT2D eigenvalue weighted by molar-refractivity contribution is 5.35. The second kappa shape index (κ2) is 21.3. The molecule has 0 saturated heterocycles. The van der Waals surface area contributed by atoms with Crippen LogP contribution in [0.5, 0.6) is 0 Å². The van der Waals surface area contributed by atoms with Crippen molar-refractivity contribution in [3.63, 3.8) is 0 Å². The molecule has 0 aromatic heterocycles. The Kier molecular flexibility index (Phi) is 25.1. The molecule has 0 radical (unpaired) electrons. The average molecular weight is 332 g/mol. The minimum absolute atomic E-state index is 0. The molecule has 0 heterocycles. The molecule has 140 valence electrons. The molecular formula is C19H42FN3. The van der Waals surface area contributed by atoms with Gasteiger partial charge in [0.1, 0.15) is 0 Å². The molecule has 0 aromatic carbocycles. The van der Waals surface area contributed by atoms with Crippen LogP contribution in [0.3, 0.4) is 0 Å². The van der Waals surface area contributed by atoms with Crippen LogP contribution in [0.2, 0.25) is 0 Å². The van der Waals surface area contributed by atoms with E-state index < -0.39 is 0 Å². The third-order valence-corrected chi connectivity index (χ3v) is 4.18. The molecule has 3 nitrogen and oxygen atoms in total. The summed E-state index contributed by atoms with van der Waals surface area (Å²) in [5.74, 6) is 0. The van der Waals surface area contributed by atoms with Gasteiger partial charge in [0, 0.05) is 6.54 Å². The molecule has 0 rings (SSSR count). The maximum absolute atomic E-state index is 6.19. The van der Waals surface area contributed by atoms with Crippen molar-refractivity contribution in [2.75, 3.05) is 32.7 Å². The largest absolute Gasteiger partial charge is 1.00 e. The normalized spacial score (nSPS) is 10.1. The van der Waals surface area contributed by atoms with Gasteiger partial charge in [0.2, 0.25) is 0 Å². The first kappa shape index (κ1) is 27.1. The van der Waals surface area contributed by atoms with Crippen molar-refractivity contribution in [3.05, 3.63) is 0 Å². The van der Waals surface area contributed by atoms with Gasteiger partial charge < -0.3 is 9.19 Å². The van der Waals surface area contributed by atoms with Crippen LogP contribution in [0.25, 0.3) is 0 Å². The molecule has 0 unspecified atom stereocenters. The van der Waals surface area contributed by atoms with Crippen molar-refractivity contribution in [1.29, 1.82) is 5.41 Å². The fourth-order valence-electron chi connectivity index (χ4n) is 2.72. The predicted octanol–water partition coefficient (Wildman–Crippen LogP) is 2.77. The molecule has 0 aliphatic rings. The quantitative estimate of drug-likeness (QED) is 0.398. The van der Waals surface area contributed by atoms with E-state index in [0.29, 0.717) is 6.54 Å². The molecule has 0 aromatic rings. The monoisotopic (exact) mass is 331 g/mol. The number of quaternary nitrogens is 1. The lowest BCUT2D eigenvalue weighted by Gasteiger charge is -2.39. The molecule has 0 bridgehead atoms. The van der Waals surface area contributed by atoms with Gasteiger partial charge in [-0.2, -0.15) is 0 Å². The number of hydrogen-bond acceptors (Lipinski definition) is 2. The summed E-state index contributed by atoms with van der Waals surface area (Å²) in [7, 11) is 0. The molecule has 0 saturated carbocycles. The Morgan fingerprint density at radius 2 is 1.00 bits per heavy atom. The Hall–Kier alpha value is -0.730. The Bertz CT molecular complexity index is 226. The zero-order valence-corrected chi connectivity index (χ0v) is 16.5. The van der Waals surface area contributed by atoms with Crippen molar-refractivity contribution < 1.29 is 9.19 Å². The molecule has 23 heavy (non-hydrogen) atoms. The van der Waals surface area contributed by atoms with Crippen molar-refractivity contribution in [3.8, 4) is 0 Å². The second-order valence-electron chi connectivity index (χ2n) is 6.24. The lowest BCUT2D eigenvalue weighted by molar-refractivity contribution is -0.929. The third-order valence-electron chi connectivity index (χ3n) is 4.18. The predicted molar refractivity (Wildman–Crippen MR) is 100 cm³/mol. The maximum atomic E-state index is 6.19. The van der Waals surface area contributed by atoms with Gasteiger partial charge in [-0.3, -0.25) is 0 Å². The van der Waals surface area contributed by atoms with Crippen LogP contribution < -0.4 is 4.70 Å². The van der Waals surface area contributed by atoms with Crippen LogP contribution in [0.4, 0.5) is 0 Å². The van der Waals surface area contributed by atoms with Crippen LogP contribution >= 0.6 is 0 Å². The Balaban J connectivity index is -0.000000578. The van der Waals surface area contributed by atoms with E-state index >= 15 is 0 Å².